The molecule has 2 rings (SSSR count). The fraction of sp³-hybridized carbons (Fsp3) is 0.462. The summed E-state index contributed by atoms with van der Waals surface area (Å²) in [6, 6.07) is 3.08. The first-order chi connectivity index (χ1) is 9.88. The normalized spacial score (nSPS) is 19.2. The molecule has 0 bridgehead atoms. The summed E-state index contributed by atoms with van der Waals surface area (Å²) >= 11 is 0. The summed E-state index contributed by atoms with van der Waals surface area (Å²) in [6.45, 7) is 1.76. The molecule has 8 heteroatoms. The number of nitrogens with two attached hydrogens (primary N) is 1. The molecule has 0 radical (unpaired) electrons. The minimum atomic E-state index is -4.20. The molecule has 116 valence electrons. The molecule has 0 saturated carbocycles. The van der Waals surface area contributed by atoms with Crippen molar-refractivity contribution in [2.75, 3.05) is 19.8 Å². The second-order valence-corrected chi connectivity index (χ2v) is 6.51. The minimum Gasteiger partial charge on any atom is -0.381 e. The lowest BCUT2D eigenvalue weighted by atomic mass is 10.0. The molecule has 0 spiro atoms. The summed E-state index contributed by atoms with van der Waals surface area (Å²) in [5.41, 5.74) is 0.0529. The second-order valence-electron chi connectivity index (χ2n) is 4.98. The van der Waals surface area contributed by atoms with Crippen molar-refractivity contribution in [1.82, 2.24) is 5.32 Å². The van der Waals surface area contributed by atoms with E-state index in [0.29, 0.717) is 13.2 Å². The molecule has 1 unspecified atom stereocenters. The average molecular weight is 316 g/mol. The molecule has 0 aliphatic carbocycles. The number of hydrogen-bond donors (Lipinski definition) is 2. The van der Waals surface area contributed by atoms with Gasteiger partial charge in [0, 0.05) is 18.7 Å². The Morgan fingerprint density at radius 1 is 1.48 bits per heavy atom. The highest BCUT2D eigenvalue weighted by molar-refractivity contribution is 7.89. The molecule has 1 aromatic carbocycles. The monoisotopic (exact) mass is 316 g/mol. The van der Waals surface area contributed by atoms with Crippen molar-refractivity contribution in [2.24, 2.45) is 11.1 Å². The van der Waals surface area contributed by atoms with Gasteiger partial charge < -0.3 is 10.1 Å². The van der Waals surface area contributed by atoms with Crippen molar-refractivity contribution in [3.8, 4) is 0 Å². The number of carbonyl (C=O) groups is 1. The lowest BCUT2D eigenvalue weighted by molar-refractivity contribution is 0.0536. The van der Waals surface area contributed by atoms with Gasteiger partial charge in [-0.2, -0.15) is 0 Å². The van der Waals surface area contributed by atoms with Gasteiger partial charge in [0.2, 0.25) is 10.0 Å². The van der Waals surface area contributed by atoms with Crippen LogP contribution in [0.2, 0.25) is 0 Å². The fourth-order valence-electron chi connectivity index (χ4n) is 2.17. The molecule has 3 N–H and O–H groups in total. The van der Waals surface area contributed by atoms with Crippen LogP contribution in [-0.2, 0) is 14.8 Å². The van der Waals surface area contributed by atoms with Crippen molar-refractivity contribution in [3.05, 3.63) is 29.6 Å². The standard InChI is InChI=1S/C13H17FN2O4S/c14-11-4-3-10(6-12(11)21(15,18)19)13(17)16-7-9-2-1-5-20-8-9/h3-4,6,9H,1-2,5,7-8H2,(H,16,17)(H2,15,18,19). The number of ether oxygens (including phenoxy) is 1. The first kappa shape index (κ1) is 15.9. The molecular weight excluding hydrogens is 299 g/mol. The summed E-state index contributed by atoms with van der Waals surface area (Å²) < 4.78 is 41.1. The van der Waals surface area contributed by atoms with Gasteiger partial charge in [-0.05, 0) is 37.0 Å². The van der Waals surface area contributed by atoms with Crippen molar-refractivity contribution in [1.29, 1.82) is 0 Å². The zero-order valence-corrected chi connectivity index (χ0v) is 12.2. The maximum atomic E-state index is 13.4. The van der Waals surface area contributed by atoms with Crippen LogP contribution in [0.4, 0.5) is 4.39 Å². The summed E-state index contributed by atoms with van der Waals surface area (Å²) in [7, 11) is -4.20. The van der Waals surface area contributed by atoms with Gasteiger partial charge in [0.25, 0.3) is 5.91 Å². The topological polar surface area (TPSA) is 98.5 Å². The van der Waals surface area contributed by atoms with Gasteiger partial charge in [-0.1, -0.05) is 0 Å². The van der Waals surface area contributed by atoms with Crippen molar-refractivity contribution in [2.45, 2.75) is 17.7 Å². The van der Waals surface area contributed by atoms with E-state index in [1.165, 1.54) is 6.07 Å². The Kier molecular flexibility index (Phi) is 4.92. The molecule has 1 aliphatic rings. The molecule has 1 aromatic rings. The van der Waals surface area contributed by atoms with E-state index in [9.17, 15) is 17.6 Å². The molecule has 21 heavy (non-hydrogen) atoms. The van der Waals surface area contributed by atoms with Crippen LogP contribution in [0.25, 0.3) is 0 Å². The van der Waals surface area contributed by atoms with Gasteiger partial charge in [-0.3, -0.25) is 4.79 Å². The maximum Gasteiger partial charge on any atom is 0.251 e. The predicted octanol–water partition coefficient (Wildman–Crippen LogP) is 0.630. The molecular formula is C13H17FN2O4S. The number of hydrogen-bond acceptors (Lipinski definition) is 4. The van der Waals surface area contributed by atoms with Crippen LogP contribution < -0.4 is 10.5 Å². The predicted molar refractivity (Wildman–Crippen MR) is 73.6 cm³/mol. The van der Waals surface area contributed by atoms with Crippen molar-refractivity contribution < 1.29 is 22.3 Å². The Hall–Kier alpha value is -1.51. The van der Waals surface area contributed by atoms with Crippen LogP contribution >= 0.6 is 0 Å². The third kappa shape index (κ3) is 4.23. The Morgan fingerprint density at radius 2 is 2.24 bits per heavy atom. The molecule has 1 amide bonds. The molecule has 1 fully saturated rings. The van der Waals surface area contributed by atoms with Gasteiger partial charge in [-0.15, -0.1) is 0 Å². The maximum absolute atomic E-state index is 13.4. The second kappa shape index (κ2) is 6.50. The van der Waals surface area contributed by atoms with E-state index < -0.39 is 26.6 Å². The zero-order chi connectivity index (χ0) is 15.5. The summed E-state index contributed by atoms with van der Waals surface area (Å²) in [6.07, 6.45) is 1.92. The molecule has 1 atom stereocenters. The third-order valence-corrected chi connectivity index (χ3v) is 4.23. The number of sulfonamides is 1. The van der Waals surface area contributed by atoms with Crippen LogP contribution in [0.5, 0.6) is 0 Å². The first-order valence-corrected chi connectivity index (χ1v) is 8.11. The van der Waals surface area contributed by atoms with E-state index in [1.54, 1.807) is 0 Å². The van der Waals surface area contributed by atoms with Crippen molar-refractivity contribution in [3.63, 3.8) is 0 Å². The molecule has 1 aliphatic heterocycles. The summed E-state index contributed by atoms with van der Waals surface area (Å²) in [5.74, 6) is -1.21. The molecule has 1 heterocycles. The van der Waals surface area contributed by atoms with E-state index in [1.807, 2.05) is 0 Å². The number of carbonyl (C=O) groups excluding carboxylic acids is 1. The van der Waals surface area contributed by atoms with Crippen LogP contribution in [0.15, 0.2) is 23.1 Å². The Balaban J connectivity index is 2.05. The quantitative estimate of drug-likeness (QED) is 0.851. The zero-order valence-electron chi connectivity index (χ0n) is 11.3. The number of benzene rings is 1. The average Bonchev–Trinajstić information content (AvgIpc) is 2.45. The number of primary sulfonamides is 1. The van der Waals surface area contributed by atoms with Gasteiger partial charge in [0.1, 0.15) is 10.7 Å². The summed E-state index contributed by atoms with van der Waals surface area (Å²) in [5, 5.41) is 7.59. The highest BCUT2D eigenvalue weighted by Gasteiger charge is 2.19. The van der Waals surface area contributed by atoms with E-state index in [2.05, 4.69) is 5.32 Å². The minimum absolute atomic E-state index is 0.0529. The lowest BCUT2D eigenvalue weighted by Crippen LogP contribution is -2.33. The number of halogens is 1. The van der Waals surface area contributed by atoms with Crippen LogP contribution in [0.3, 0.4) is 0 Å². The Bertz CT molecular complexity index is 627. The van der Waals surface area contributed by atoms with E-state index in [4.69, 9.17) is 9.88 Å². The largest absolute Gasteiger partial charge is 0.381 e. The third-order valence-electron chi connectivity index (χ3n) is 3.31. The highest BCUT2D eigenvalue weighted by atomic mass is 32.2. The van der Waals surface area contributed by atoms with E-state index in [0.717, 1.165) is 31.6 Å². The fourth-order valence-corrected chi connectivity index (χ4v) is 2.80. The number of amides is 1. The van der Waals surface area contributed by atoms with Gasteiger partial charge in [-0.25, -0.2) is 17.9 Å². The highest BCUT2D eigenvalue weighted by Crippen LogP contribution is 2.16. The Morgan fingerprint density at radius 3 is 2.86 bits per heavy atom. The molecule has 0 aromatic heterocycles. The van der Waals surface area contributed by atoms with Crippen LogP contribution in [0, 0.1) is 11.7 Å². The van der Waals surface area contributed by atoms with Crippen molar-refractivity contribution >= 4 is 15.9 Å². The van der Waals surface area contributed by atoms with Crippen LogP contribution in [-0.4, -0.2) is 34.1 Å². The smallest absolute Gasteiger partial charge is 0.251 e. The van der Waals surface area contributed by atoms with Gasteiger partial charge >= 0.3 is 0 Å². The molecule has 1 saturated heterocycles. The summed E-state index contributed by atoms with van der Waals surface area (Å²) in [4.78, 5) is 11.3. The van der Waals surface area contributed by atoms with Gasteiger partial charge in [0.15, 0.2) is 0 Å². The van der Waals surface area contributed by atoms with Crippen LogP contribution in [0.1, 0.15) is 23.2 Å². The lowest BCUT2D eigenvalue weighted by Gasteiger charge is -2.22. The number of rotatable bonds is 4. The van der Waals surface area contributed by atoms with Gasteiger partial charge in [0.05, 0.1) is 6.61 Å². The van der Waals surface area contributed by atoms with E-state index >= 15 is 0 Å². The Labute approximate surface area is 122 Å². The number of nitrogens with one attached hydrogen (secondary N) is 1. The van der Waals surface area contributed by atoms with E-state index in [-0.39, 0.29) is 11.5 Å². The first-order valence-electron chi connectivity index (χ1n) is 6.56. The SMILES string of the molecule is NS(=O)(=O)c1cc(C(=O)NCC2CCCOC2)ccc1F. The molecule has 6 nitrogen and oxygen atoms in total.